The molecule has 2 heterocycles. The average Bonchev–Trinajstić information content (AvgIpc) is 2.84. The van der Waals surface area contributed by atoms with E-state index in [1.165, 1.54) is 5.56 Å². The Morgan fingerprint density at radius 1 is 1.28 bits per heavy atom. The van der Waals surface area contributed by atoms with Crippen LogP contribution in [0.5, 0.6) is 0 Å². The third-order valence-electron chi connectivity index (χ3n) is 3.21. The number of hydrogen-bond donors (Lipinski definition) is 2. The molecule has 0 amide bonds. The molecule has 0 aliphatic rings. The van der Waals surface area contributed by atoms with Gasteiger partial charge in [0.15, 0.2) is 4.77 Å². The van der Waals surface area contributed by atoms with Crippen LogP contribution in [0, 0.1) is 4.77 Å². The highest BCUT2D eigenvalue weighted by Crippen LogP contribution is 2.24. The Labute approximate surface area is 110 Å². The molecule has 0 fully saturated rings. The number of nitrogens with one attached hydrogen (secondary N) is 2. The molecule has 0 aliphatic heterocycles. The Kier molecular flexibility index (Phi) is 2.72. The second kappa shape index (κ2) is 4.38. The van der Waals surface area contributed by atoms with E-state index in [9.17, 15) is 0 Å². The second-order valence-corrected chi connectivity index (χ2v) is 4.78. The molecule has 3 aromatic rings. The van der Waals surface area contributed by atoms with Crippen molar-refractivity contribution in [1.82, 2.24) is 15.0 Å². The first-order chi connectivity index (χ1) is 8.74. The lowest BCUT2D eigenvalue weighted by molar-refractivity contribution is 0.883. The highest BCUT2D eigenvalue weighted by Gasteiger charge is 2.10. The normalized spacial score (nSPS) is 12.7. The van der Waals surface area contributed by atoms with Crippen LogP contribution in [0.2, 0.25) is 0 Å². The summed E-state index contributed by atoms with van der Waals surface area (Å²) in [6, 6.07) is 10.4. The fourth-order valence-electron chi connectivity index (χ4n) is 2.11. The van der Waals surface area contributed by atoms with E-state index in [1.54, 1.807) is 0 Å². The van der Waals surface area contributed by atoms with E-state index in [0.29, 0.717) is 4.77 Å². The Bertz CT molecular complexity index is 742. The molecule has 0 saturated heterocycles. The molecule has 18 heavy (non-hydrogen) atoms. The fourth-order valence-corrected chi connectivity index (χ4v) is 2.29. The molecule has 1 unspecified atom stereocenters. The molecule has 0 bridgehead atoms. The van der Waals surface area contributed by atoms with E-state index in [1.807, 2.05) is 18.5 Å². The summed E-state index contributed by atoms with van der Waals surface area (Å²) in [5.41, 5.74) is 3.35. The van der Waals surface area contributed by atoms with Crippen LogP contribution >= 0.6 is 12.2 Å². The van der Waals surface area contributed by atoms with E-state index >= 15 is 0 Å². The van der Waals surface area contributed by atoms with Gasteiger partial charge in [0, 0.05) is 29.4 Å². The topological polar surface area (TPSA) is 44.5 Å². The predicted molar refractivity (Wildman–Crippen MR) is 75.2 cm³/mol. The quantitative estimate of drug-likeness (QED) is 0.685. The van der Waals surface area contributed by atoms with E-state index in [-0.39, 0.29) is 5.92 Å². The lowest BCUT2D eigenvalue weighted by Gasteiger charge is -2.10. The third-order valence-corrected chi connectivity index (χ3v) is 3.43. The van der Waals surface area contributed by atoms with Crippen LogP contribution in [0.25, 0.3) is 10.9 Å². The molecule has 3 rings (SSSR count). The van der Waals surface area contributed by atoms with Gasteiger partial charge < -0.3 is 9.97 Å². The van der Waals surface area contributed by atoms with Gasteiger partial charge in [-0.3, -0.25) is 4.98 Å². The highest BCUT2D eigenvalue weighted by atomic mass is 32.1. The van der Waals surface area contributed by atoms with Gasteiger partial charge >= 0.3 is 0 Å². The number of H-pyrrole nitrogens is 2. The van der Waals surface area contributed by atoms with Gasteiger partial charge in [-0.1, -0.05) is 25.1 Å². The zero-order valence-electron chi connectivity index (χ0n) is 9.97. The maximum atomic E-state index is 5.06. The first kappa shape index (κ1) is 11.2. The summed E-state index contributed by atoms with van der Waals surface area (Å²) in [7, 11) is 0. The number of benzene rings is 1. The van der Waals surface area contributed by atoms with Crippen molar-refractivity contribution < 1.29 is 0 Å². The number of hydrogen-bond acceptors (Lipinski definition) is 2. The van der Waals surface area contributed by atoms with Gasteiger partial charge in [0.05, 0.1) is 5.52 Å². The molecule has 2 aromatic heterocycles. The molecule has 0 radical (unpaired) electrons. The first-order valence-corrected chi connectivity index (χ1v) is 6.27. The number of rotatable bonds is 2. The number of pyridine rings is 1. The lowest BCUT2D eigenvalue weighted by atomic mass is 9.97. The van der Waals surface area contributed by atoms with Gasteiger partial charge in [0.2, 0.25) is 0 Å². The molecule has 1 aromatic carbocycles. The minimum absolute atomic E-state index is 0.268. The van der Waals surface area contributed by atoms with Crippen LogP contribution in [0.1, 0.15) is 24.1 Å². The van der Waals surface area contributed by atoms with E-state index in [4.69, 9.17) is 12.2 Å². The number of fused-ring (bicyclic) bond motifs is 1. The summed E-state index contributed by atoms with van der Waals surface area (Å²) in [5.74, 6) is 0.268. The monoisotopic (exact) mass is 255 g/mol. The molecular weight excluding hydrogens is 242 g/mol. The molecule has 90 valence electrons. The Hall–Kier alpha value is -1.94. The number of nitrogens with zero attached hydrogens (tertiary/aromatic N) is 1. The molecular formula is C14H13N3S. The first-order valence-electron chi connectivity index (χ1n) is 5.86. The maximum absolute atomic E-state index is 5.06. The van der Waals surface area contributed by atoms with Crippen molar-refractivity contribution in [2.75, 3.05) is 0 Å². The predicted octanol–water partition coefficient (Wildman–Crippen LogP) is 3.77. The highest BCUT2D eigenvalue weighted by molar-refractivity contribution is 7.71. The molecule has 1 atom stereocenters. The SMILES string of the molecule is CC(c1ccc2cccnc2c1)c1c[nH]c(=S)[nH]1. The van der Waals surface area contributed by atoms with Gasteiger partial charge in [-0.25, -0.2) is 0 Å². The zero-order valence-corrected chi connectivity index (χ0v) is 10.8. The van der Waals surface area contributed by atoms with E-state index in [0.717, 1.165) is 16.6 Å². The standard InChI is InChI=1S/C14H13N3S/c1-9(13-8-16-14(18)17-13)11-5-4-10-3-2-6-15-12(10)7-11/h2-9H,1H3,(H2,16,17,18). The van der Waals surface area contributed by atoms with Crippen LogP contribution in [0.3, 0.4) is 0 Å². The lowest BCUT2D eigenvalue weighted by Crippen LogP contribution is -1.96. The van der Waals surface area contributed by atoms with Gasteiger partial charge in [0.1, 0.15) is 0 Å². The summed E-state index contributed by atoms with van der Waals surface area (Å²) in [5, 5.41) is 1.16. The number of aromatic nitrogens is 3. The summed E-state index contributed by atoms with van der Waals surface area (Å²) in [4.78, 5) is 10.5. The largest absolute Gasteiger partial charge is 0.337 e. The maximum Gasteiger partial charge on any atom is 0.174 e. The molecule has 0 saturated carbocycles. The van der Waals surface area contributed by atoms with Crippen molar-refractivity contribution in [2.24, 2.45) is 0 Å². The van der Waals surface area contributed by atoms with Crippen LogP contribution < -0.4 is 0 Å². The Morgan fingerprint density at radius 2 is 2.17 bits per heavy atom. The van der Waals surface area contributed by atoms with Gasteiger partial charge in [0.25, 0.3) is 0 Å². The van der Waals surface area contributed by atoms with E-state index < -0.39 is 0 Å². The van der Waals surface area contributed by atoms with Crippen LogP contribution in [-0.4, -0.2) is 15.0 Å². The van der Waals surface area contributed by atoms with Crippen LogP contribution in [-0.2, 0) is 0 Å². The van der Waals surface area contributed by atoms with Crippen LogP contribution in [0.4, 0.5) is 0 Å². The summed E-state index contributed by atoms with van der Waals surface area (Å²) in [6.07, 6.45) is 3.75. The van der Waals surface area contributed by atoms with Crippen molar-refractivity contribution >= 4 is 23.1 Å². The third kappa shape index (κ3) is 1.95. The van der Waals surface area contributed by atoms with Gasteiger partial charge in [-0.15, -0.1) is 0 Å². The van der Waals surface area contributed by atoms with Gasteiger partial charge in [-0.05, 0) is 29.9 Å². The zero-order chi connectivity index (χ0) is 12.5. The number of imidazole rings is 1. The van der Waals surface area contributed by atoms with E-state index in [2.05, 4.69) is 46.1 Å². The van der Waals surface area contributed by atoms with Gasteiger partial charge in [-0.2, -0.15) is 0 Å². The van der Waals surface area contributed by atoms with Crippen LogP contribution in [0.15, 0.2) is 42.7 Å². The van der Waals surface area contributed by atoms with Crippen molar-refractivity contribution in [2.45, 2.75) is 12.8 Å². The second-order valence-electron chi connectivity index (χ2n) is 4.38. The summed E-state index contributed by atoms with van der Waals surface area (Å²) < 4.78 is 0.663. The van der Waals surface area contributed by atoms with Crippen molar-refractivity contribution in [1.29, 1.82) is 0 Å². The van der Waals surface area contributed by atoms with Crippen molar-refractivity contribution in [3.8, 4) is 0 Å². The summed E-state index contributed by atoms with van der Waals surface area (Å²) >= 11 is 5.06. The minimum atomic E-state index is 0.268. The molecule has 4 heteroatoms. The van der Waals surface area contributed by atoms with Crippen molar-refractivity contribution in [3.63, 3.8) is 0 Å². The smallest absolute Gasteiger partial charge is 0.174 e. The Morgan fingerprint density at radius 3 is 2.94 bits per heavy atom. The molecule has 0 spiro atoms. The Balaban J connectivity index is 2.06. The number of aromatic amines is 2. The molecule has 2 N–H and O–H groups in total. The molecule has 0 aliphatic carbocycles. The summed E-state index contributed by atoms with van der Waals surface area (Å²) in [6.45, 7) is 2.15. The average molecular weight is 255 g/mol. The van der Waals surface area contributed by atoms with Crippen molar-refractivity contribution in [3.05, 3.63) is 58.8 Å². The molecule has 3 nitrogen and oxygen atoms in total. The minimum Gasteiger partial charge on any atom is -0.337 e. The fraction of sp³-hybridized carbons (Fsp3) is 0.143.